The first kappa shape index (κ1) is 18.2. The van der Waals surface area contributed by atoms with Gasteiger partial charge < -0.3 is 16.0 Å². The van der Waals surface area contributed by atoms with Crippen molar-refractivity contribution in [3.05, 3.63) is 71.8 Å². The van der Waals surface area contributed by atoms with Crippen LogP contribution < -0.4 is 11.1 Å². The third-order valence-electron chi connectivity index (χ3n) is 4.14. The average Bonchev–Trinajstić information content (AvgIpc) is 2.60. The molecule has 1 unspecified atom stereocenters. The highest BCUT2D eigenvalue weighted by Crippen LogP contribution is 2.17. The molecule has 2 rings (SSSR count). The maximum Gasteiger partial charge on any atom is 0.244 e. The molecule has 128 valence electrons. The van der Waals surface area contributed by atoms with E-state index in [1.807, 2.05) is 36.4 Å². The van der Waals surface area contributed by atoms with E-state index in [9.17, 15) is 4.79 Å². The van der Waals surface area contributed by atoms with Gasteiger partial charge in [0.2, 0.25) is 5.91 Å². The number of nitrogens with zero attached hydrogens (tertiary/aromatic N) is 1. The Labute approximate surface area is 144 Å². The number of hydrogen-bond acceptors (Lipinski definition) is 3. The number of amides is 1. The van der Waals surface area contributed by atoms with Gasteiger partial charge in [0.25, 0.3) is 0 Å². The zero-order valence-electron chi connectivity index (χ0n) is 14.5. The van der Waals surface area contributed by atoms with Crippen LogP contribution in [0.15, 0.2) is 60.7 Å². The first-order chi connectivity index (χ1) is 11.5. The van der Waals surface area contributed by atoms with Gasteiger partial charge in [-0.3, -0.25) is 4.79 Å². The lowest BCUT2D eigenvalue weighted by molar-refractivity contribution is -0.126. The molecule has 24 heavy (non-hydrogen) atoms. The summed E-state index contributed by atoms with van der Waals surface area (Å²) in [6, 6.07) is 19.8. The molecule has 0 aliphatic heterocycles. The van der Waals surface area contributed by atoms with Crippen LogP contribution in [0.5, 0.6) is 0 Å². The summed E-state index contributed by atoms with van der Waals surface area (Å²) in [4.78, 5) is 14.6. The van der Waals surface area contributed by atoms with Gasteiger partial charge in [0, 0.05) is 13.1 Å². The highest BCUT2D eigenvalue weighted by atomic mass is 16.2. The fraction of sp³-hybridized carbons (Fsp3) is 0.350. The second-order valence-corrected chi connectivity index (χ2v) is 6.40. The third-order valence-corrected chi connectivity index (χ3v) is 4.14. The Morgan fingerprint density at radius 3 is 2.29 bits per heavy atom. The van der Waals surface area contributed by atoms with E-state index >= 15 is 0 Å². The van der Waals surface area contributed by atoms with Crippen LogP contribution in [0.2, 0.25) is 0 Å². The van der Waals surface area contributed by atoms with Gasteiger partial charge in [-0.2, -0.15) is 0 Å². The SMILES string of the molecule is CN(CCCNC(=O)C(C)(N)c1ccccc1)Cc1ccccc1. The lowest BCUT2D eigenvalue weighted by atomic mass is 9.92. The molecule has 0 aromatic heterocycles. The molecule has 0 fully saturated rings. The van der Waals surface area contributed by atoms with Crippen molar-refractivity contribution < 1.29 is 4.79 Å². The predicted molar refractivity (Wildman–Crippen MR) is 98.4 cm³/mol. The zero-order chi connectivity index (χ0) is 17.4. The van der Waals surface area contributed by atoms with Gasteiger partial charge in [0.05, 0.1) is 0 Å². The second kappa shape index (κ2) is 8.62. The molecule has 0 aliphatic carbocycles. The van der Waals surface area contributed by atoms with Crippen molar-refractivity contribution in [1.29, 1.82) is 0 Å². The van der Waals surface area contributed by atoms with Crippen molar-refractivity contribution in [1.82, 2.24) is 10.2 Å². The molecule has 0 aliphatic rings. The Hall–Kier alpha value is -2.17. The molecule has 0 spiro atoms. The summed E-state index contributed by atoms with van der Waals surface area (Å²) in [6.45, 7) is 4.20. The van der Waals surface area contributed by atoms with E-state index in [1.165, 1.54) is 5.56 Å². The molecule has 3 N–H and O–H groups in total. The monoisotopic (exact) mass is 325 g/mol. The second-order valence-electron chi connectivity index (χ2n) is 6.40. The fourth-order valence-corrected chi connectivity index (χ4v) is 2.62. The summed E-state index contributed by atoms with van der Waals surface area (Å²) in [6.07, 6.45) is 0.889. The van der Waals surface area contributed by atoms with Gasteiger partial charge in [-0.05, 0) is 38.1 Å². The standard InChI is InChI=1S/C20H27N3O/c1-20(21,18-12-7-4-8-13-18)19(24)22-14-9-15-23(2)16-17-10-5-3-6-11-17/h3-8,10-13H,9,14-16,21H2,1-2H3,(H,22,24). The average molecular weight is 325 g/mol. The van der Waals surface area contributed by atoms with Gasteiger partial charge in [-0.1, -0.05) is 60.7 Å². The maximum atomic E-state index is 12.4. The highest BCUT2D eigenvalue weighted by Gasteiger charge is 2.29. The zero-order valence-corrected chi connectivity index (χ0v) is 14.5. The number of carbonyl (C=O) groups excluding carboxylic acids is 1. The predicted octanol–water partition coefficient (Wildman–Crippen LogP) is 2.50. The molecule has 2 aromatic rings. The van der Waals surface area contributed by atoms with Crippen LogP contribution in [0.25, 0.3) is 0 Å². The summed E-state index contributed by atoms with van der Waals surface area (Å²) in [7, 11) is 2.09. The minimum atomic E-state index is -1.00. The number of nitrogens with two attached hydrogens (primary N) is 1. The molecule has 4 heteroatoms. The Balaban J connectivity index is 1.73. The molecular formula is C20H27N3O. The summed E-state index contributed by atoms with van der Waals surface area (Å²) >= 11 is 0. The first-order valence-electron chi connectivity index (χ1n) is 8.35. The normalized spacial score (nSPS) is 13.5. The Morgan fingerprint density at radius 1 is 1.08 bits per heavy atom. The molecule has 4 nitrogen and oxygen atoms in total. The van der Waals surface area contributed by atoms with Gasteiger partial charge in [0.15, 0.2) is 0 Å². The quantitative estimate of drug-likeness (QED) is 0.733. The molecular weight excluding hydrogens is 298 g/mol. The van der Waals surface area contributed by atoms with Crippen molar-refractivity contribution in [3.8, 4) is 0 Å². The van der Waals surface area contributed by atoms with Gasteiger partial charge in [-0.15, -0.1) is 0 Å². The maximum absolute atomic E-state index is 12.4. The largest absolute Gasteiger partial charge is 0.354 e. The van der Waals surface area contributed by atoms with E-state index < -0.39 is 5.54 Å². The molecule has 1 amide bonds. The van der Waals surface area contributed by atoms with Crippen molar-refractivity contribution in [2.75, 3.05) is 20.1 Å². The van der Waals surface area contributed by atoms with Crippen LogP contribution in [0.4, 0.5) is 0 Å². The van der Waals surface area contributed by atoms with Crippen LogP contribution in [0.3, 0.4) is 0 Å². The summed E-state index contributed by atoms with van der Waals surface area (Å²) < 4.78 is 0. The Bertz CT molecular complexity index is 626. The van der Waals surface area contributed by atoms with E-state index in [0.29, 0.717) is 6.54 Å². The smallest absolute Gasteiger partial charge is 0.244 e. The van der Waals surface area contributed by atoms with E-state index in [-0.39, 0.29) is 5.91 Å². The van der Waals surface area contributed by atoms with E-state index in [4.69, 9.17) is 5.73 Å². The van der Waals surface area contributed by atoms with Crippen molar-refractivity contribution in [2.24, 2.45) is 5.73 Å². The number of benzene rings is 2. The van der Waals surface area contributed by atoms with Crippen LogP contribution in [0, 0.1) is 0 Å². The van der Waals surface area contributed by atoms with Crippen molar-refractivity contribution in [2.45, 2.75) is 25.4 Å². The number of hydrogen-bond donors (Lipinski definition) is 2. The molecule has 0 saturated carbocycles. The van der Waals surface area contributed by atoms with Crippen LogP contribution in [-0.2, 0) is 16.9 Å². The minimum absolute atomic E-state index is 0.139. The van der Waals surface area contributed by atoms with Crippen LogP contribution in [0.1, 0.15) is 24.5 Å². The van der Waals surface area contributed by atoms with Gasteiger partial charge in [0.1, 0.15) is 5.54 Å². The lowest BCUT2D eigenvalue weighted by Crippen LogP contribution is -2.49. The van der Waals surface area contributed by atoms with E-state index in [2.05, 4.69) is 41.5 Å². The lowest BCUT2D eigenvalue weighted by Gasteiger charge is -2.24. The topological polar surface area (TPSA) is 58.4 Å². The van der Waals surface area contributed by atoms with Crippen LogP contribution in [-0.4, -0.2) is 30.9 Å². The minimum Gasteiger partial charge on any atom is -0.354 e. The molecule has 0 bridgehead atoms. The Kier molecular flexibility index (Phi) is 6.53. The molecule has 0 heterocycles. The van der Waals surface area contributed by atoms with Crippen molar-refractivity contribution in [3.63, 3.8) is 0 Å². The van der Waals surface area contributed by atoms with Gasteiger partial charge >= 0.3 is 0 Å². The molecule has 1 atom stereocenters. The fourth-order valence-electron chi connectivity index (χ4n) is 2.62. The number of carbonyl (C=O) groups is 1. The molecule has 0 saturated heterocycles. The summed E-state index contributed by atoms with van der Waals surface area (Å²) in [5.41, 5.74) is 7.32. The highest BCUT2D eigenvalue weighted by molar-refractivity contribution is 5.86. The van der Waals surface area contributed by atoms with Crippen molar-refractivity contribution >= 4 is 5.91 Å². The van der Waals surface area contributed by atoms with Gasteiger partial charge in [-0.25, -0.2) is 0 Å². The van der Waals surface area contributed by atoms with Crippen LogP contribution >= 0.6 is 0 Å². The van der Waals surface area contributed by atoms with E-state index in [1.54, 1.807) is 6.92 Å². The first-order valence-corrected chi connectivity index (χ1v) is 8.35. The molecule has 2 aromatic carbocycles. The summed E-state index contributed by atoms with van der Waals surface area (Å²) in [5, 5.41) is 2.95. The number of rotatable bonds is 8. The Morgan fingerprint density at radius 2 is 1.67 bits per heavy atom. The summed E-state index contributed by atoms with van der Waals surface area (Å²) in [5.74, 6) is -0.139. The third kappa shape index (κ3) is 5.18. The number of nitrogens with one attached hydrogen (secondary N) is 1. The molecule has 0 radical (unpaired) electrons. The van der Waals surface area contributed by atoms with E-state index in [0.717, 1.165) is 25.1 Å².